The summed E-state index contributed by atoms with van der Waals surface area (Å²) in [4.78, 5) is 0. The van der Waals surface area contributed by atoms with Crippen molar-refractivity contribution in [1.82, 2.24) is 9.78 Å². The van der Waals surface area contributed by atoms with Crippen LogP contribution in [-0.4, -0.2) is 15.2 Å². The van der Waals surface area contributed by atoms with Crippen LogP contribution in [0.5, 0.6) is 0 Å². The summed E-state index contributed by atoms with van der Waals surface area (Å²) < 4.78 is 66.9. The van der Waals surface area contributed by atoms with E-state index in [4.69, 9.17) is 34.8 Å². The molecule has 0 N–H and O–H groups in total. The van der Waals surface area contributed by atoms with E-state index in [0.717, 1.165) is 10.9 Å². The van der Waals surface area contributed by atoms with Crippen LogP contribution < -0.4 is 0 Å². The van der Waals surface area contributed by atoms with E-state index in [1.807, 2.05) is 0 Å². The van der Waals surface area contributed by atoms with Crippen LogP contribution in [0.15, 0.2) is 18.3 Å². The average Bonchev–Trinajstić information content (AvgIpc) is 3.21. The highest BCUT2D eigenvalue weighted by Gasteiger charge is 2.64. The number of rotatable bonds is 3. The van der Waals surface area contributed by atoms with Crippen molar-refractivity contribution >= 4 is 34.8 Å². The van der Waals surface area contributed by atoms with Gasteiger partial charge in [-0.25, -0.2) is 4.68 Å². The van der Waals surface area contributed by atoms with Gasteiger partial charge < -0.3 is 0 Å². The van der Waals surface area contributed by atoms with Crippen LogP contribution in [0.4, 0.5) is 22.0 Å². The molecule has 0 bridgehead atoms. The summed E-state index contributed by atoms with van der Waals surface area (Å²) >= 11 is 17.0. The Labute approximate surface area is 158 Å². The zero-order chi connectivity index (χ0) is 19.5. The first-order valence-electron chi connectivity index (χ1n) is 7.04. The number of benzene rings is 1. The topological polar surface area (TPSA) is 41.6 Å². The standard InChI is InChI=1S/C15H7Cl3F5N3/c16-9-3-7(14(19,20)21)4-10(17)12(9)26-6-8(11(5-24)25-26)13(1-2-13)15(18,22)23/h3-4,6H,1-2H2. The molecule has 0 amide bonds. The van der Waals surface area contributed by atoms with Crippen molar-refractivity contribution in [3.8, 4) is 11.8 Å². The molecule has 0 unspecified atom stereocenters. The molecule has 0 saturated heterocycles. The van der Waals surface area contributed by atoms with E-state index in [2.05, 4.69) is 5.10 Å². The molecule has 3 nitrogen and oxygen atoms in total. The Morgan fingerprint density at radius 2 is 1.65 bits per heavy atom. The average molecular weight is 431 g/mol. The normalized spacial score (nSPS) is 16.4. The zero-order valence-electron chi connectivity index (χ0n) is 12.5. The Morgan fingerprint density at radius 3 is 2.04 bits per heavy atom. The van der Waals surface area contributed by atoms with Gasteiger partial charge in [0, 0.05) is 11.8 Å². The molecule has 2 aromatic rings. The van der Waals surface area contributed by atoms with Crippen molar-refractivity contribution in [2.45, 2.75) is 29.8 Å². The lowest BCUT2D eigenvalue weighted by Gasteiger charge is -2.19. The number of aromatic nitrogens is 2. The highest BCUT2D eigenvalue weighted by Crippen LogP contribution is 2.60. The molecule has 1 fully saturated rings. The molecule has 138 valence electrons. The summed E-state index contributed by atoms with van der Waals surface area (Å²) in [6, 6.07) is 2.96. The maximum atomic E-state index is 13.8. The van der Waals surface area contributed by atoms with Gasteiger partial charge in [0.1, 0.15) is 11.8 Å². The minimum atomic E-state index is -4.67. The first-order valence-corrected chi connectivity index (χ1v) is 8.18. The smallest absolute Gasteiger partial charge is 0.236 e. The molecule has 0 atom stereocenters. The monoisotopic (exact) mass is 429 g/mol. The van der Waals surface area contributed by atoms with E-state index in [9.17, 15) is 27.2 Å². The van der Waals surface area contributed by atoms with Gasteiger partial charge in [0.25, 0.3) is 0 Å². The number of halogens is 8. The Bertz CT molecular complexity index is 897. The summed E-state index contributed by atoms with van der Waals surface area (Å²) in [5, 5.41) is 8.64. The van der Waals surface area contributed by atoms with Crippen LogP contribution in [0.1, 0.15) is 29.7 Å². The minimum absolute atomic E-state index is 0.0400. The molecule has 0 aliphatic heterocycles. The Hall–Kier alpha value is -1.56. The third-order valence-corrected chi connectivity index (χ3v) is 5.14. The van der Waals surface area contributed by atoms with Gasteiger partial charge in [-0.3, -0.25) is 0 Å². The summed E-state index contributed by atoms with van der Waals surface area (Å²) in [7, 11) is 0. The Morgan fingerprint density at radius 1 is 1.12 bits per heavy atom. The Balaban J connectivity index is 2.15. The number of hydrogen-bond acceptors (Lipinski definition) is 2. The molecule has 1 saturated carbocycles. The van der Waals surface area contributed by atoms with Gasteiger partial charge in [-0.1, -0.05) is 23.2 Å². The summed E-state index contributed by atoms with van der Waals surface area (Å²) in [5.74, 6) is 0. The van der Waals surface area contributed by atoms with Crippen LogP contribution in [0.2, 0.25) is 10.0 Å². The fourth-order valence-electron chi connectivity index (χ4n) is 2.70. The fraction of sp³-hybridized carbons (Fsp3) is 0.333. The van der Waals surface area contributed by atoms with Gasteiger partial charge in [-0.2, -0.15) is 32.3 Å². The summed E-state index contributed by atoms with van der Waals surface area (Å²) in [6.45, 7) is 0. The molecule has 1 aliphatic carbocycles. The van der Waals surface area contributed by atoms with Crippen molar-refractivity contribution in [3.63, 3.8) is 0 Å². The lowest BCUT2D eigenvalue weighted by atomic mass is 9.97. The van der Waals surface area contributed by atoms with E-state index in [-0.39, 0.29) is 29.8 Å². The fourth-order valence-corrected chi connectivity index (χ4v) is 3.65. The second kappa shape index (κ2) is 5.98. The van der Waals surface area contributed by atoms with Crippen molar-refractivity contribution in [1.29, 1.82) is 5.26 Å². The lowest BCUT2D eigenvalue weighted by molar-refractivity contribution is -0.137. The predicted octanol–water partition coefficient (Wildman–Crippen LogP) is 5.93. The third kappa shape index (κ3) is 3.02. The zero-order valence-corrected chi connectivity index (χ0v) is 14.8. The number of hydrogen-bond donors (Lipinski definition) is 0. The van der Waals surface area contributed by atoms with Crippen molar-refractivity contribution in [2.24, 2.45) is 0 Å². The molecule has 1 aromatic carbocycles. The van der Waals surface area contributed by atoms with Gasteiger partial charge in [-0.15, -0.1) is 0 Å². The lowest BCUT2D eigenvalue weighted by Crippen LogP contribution is -2.27. The van der Waals surface area contributed by atoms with E-state index >= 15 is 0 Å². The van der Waals surface area contributed by atoms with Crippen molar-refractivity contribution in [3.05, 3.63) is 45.2 Å². The van der Waals surface area contributed by atoms with E-state index in [1.54, 1.807) is 6.07 Å². The number of nitriles is 1. The van der Waals surface area contributed by atoms with Crippen LogP contribution in [-0.2, 0) is 11.6 Å². The largest absolute Gasteiger partial charge is 0.416 e. The first-order chi connectivity index (χ1) is 11.9. The van der Waals surface area contributed by atoms with Gasteiger partial charge in [0.05, 0.1) is 21.0 Å². The summed E-state index contributed by atoms with van der Waals surface area (Å²) in [6.07, 6.45) is -3.49. The maximum Gasteiger partial charge on any atom is 0.416 e. The minimum Gasteiger partial charge on any atom is -0.236 e. The van der Waals surface area contributed by atoms with E-state index in [1.165, 1.54) is 0 Å². The predicted molar refractivity (Wildman–Crippen MR) is 85.0 cm³/mol. The molecular weight excluding hydrogens is 424 g/mol. The number of alkyl halides is 6. The van der Waals surface area contributed by atoms with Gasteiger partial charge in [0.15, 0.2) is 5.69 Å². The molecule has 0 radical (unpaired) electrons. The van der Waals surface area contributed by atoms with Gasteiger partial charge in [0.2, 0.25) is 0 Å². The molecule has 0 spiro atoms. The molecule has 1 aliphatic rings. The number of nitrogens with zero attached hydrogens (tertiary/aromatic N) is 3. The molecule has 1 aromatic heterocycles. The molecule has 3 rings (SSSR count). The summed E-state index contributed by atoms with van der Waals surface area (Å²) in [5.41, 5.74) is -3.40. The second-order valence-corrected chi connectivity index (χ2v) is 7.10. The van der Waals surface area contributed by atoms with Crippen LogP contribution in [0, 0.1) is 11.3 Å². The highest BCUT2D eigenvalue weighted by molar-refractivity contribution is 6.37. The van der Waals surface area contributed by atoms with Crippen molar-refractivity contribution in [2.75, 3.05) is 0 Å². The maximum absolute atomic E-state index is 13.8. The van der Waals surface area contributed by atoms with E-state index in [0.29, 0.717) is 12.1 Å². The molecule has 11 heteroatoms. The van der Waals surface area contributed by atoms with Crippen molar-refractivity contribution < 1.29 is 22.0 Å². The molecule has 1 heterocycles. The van der Waals surface area contributed by atoms with Crippen LogP contribution in [0.25, 0.3) is 5.69 Å². The highest BCUT2D eigenvalue weighted by atomic mass is 35.5. The SMILES string of the molecule is N#Cc1nn(-c2c(Cl)cc(C(F)(F)F)cc2Cl)cc1C1(C(F)(F)Cl)CC1. The Kier molecular flexibility index (Phi) is 4.42. The molecular formula is C15H7Cl3F5N3. The van der Waals surface area contributed by atoms with Crippen LogP contribution in [0.3, 0.4) is 0 Å². The van der Waals surface area contributed by atoms with Crippen LogP contribution >= 0.6 is 34.8 Å². The molecule has 26 heavy (non-hydrogen) atoms. The van der Waals surface area contributed by atoms with E-state index < -0.39 is 32.6 Å². The first kappa shape index (κ1) is 19.2. The van der Waals surface area contributed by atoms with Gasteiger partial charge >= 0.3 is 11.6 Å². The quantitative estimate of drug-likeness (QED) is 0.447. The van der Waals surface area contributed by atoms with Gasteiger partial charge in [-0.05, 0) is 36.6 Å². The third-order valence-electron chi connectivity index (χ3n) is 4.20. The second-order valence-electron chi connectivity index (χ2n) is 5.81.